The minimum absolute atomic E-state index is 0.00152. The Morgan fingerprint density at radius 2 is 0.780 bits per heavy atom. The van der Waals surface area contributed by atoms with E-state index in [1.54, 1.807) is 0 Å². The minimum atomic E-state index is -0.0355. The first-order chi connectivity index (χ1) is 27.4. The van der Waals surface area contributed by atoms with E-state index in [0.717, 1.165) is 0 Å². The van der Waals surface area contributed by atoms with Crippen LogP contribution in [0.2, 0.25) is 0 Å². The predicted octanol–water partition coefficient (Wildman–Crippen LogP) is 13.9. The van der Waals surface area contributed by atoms with Crippen LogP contribution in [0.1, 0.15) is 132 Å². The van der Waals surface area contributed by atoms with Crippen LogP contribution in [-0.2, 0) is 27.1 Å². The molecule has 0 radical (unpaired) electrons. The summed E-state index contributed by atoms with van der Waals surface area (Å²) >= 11 is 0. The Morgan fingerprint density at radius 1 is 0.339 bits per heavy atom. The van der Waals surface area contributed by atoms with E-state index < -0.39 is 0 Å². The minimum Gasteiger partial charge on any atom is -0.311 e. The third-order valence-corrected chi connectivity index (χ3v) is 12.9. The normalized spacial score (nSPS) is 14.3. The highest BCUT2D eigenvalue weighted by Gasteiger charge is 2.44. The van der Waals surface area contributed by atoms with Crippen LogP contribution in [0.25, 0.3) is 11.1 Å². The summed E-state index contributed by atoms with van der Waals surface area (Å²) in [6, 6.07) is 47.5. The zero-order valence-corrected chi connectivity index (χ0v) is 38.5. The summed E-state index contributed by atoms with van der Waals surface area (Å²) in [6.45, 7) is 34.8. The Hall–Kier alpha value is -5.02. The number of fused-ring (bicyclic) bond motifs is 4. The summed E-state index contributed by atoms with van der Waals surface area (Å²) in [4.78, 5) is 5.16. The molecule has 0 spiro atoms. The van der Waals surface area contributed by atoms with Crippen molar-refractivity contribution < 1.29 is 0 Å². The predicted molar refractivity (Wildman–Crippen MR) is 259 cm³/mol. The summed E-state index contributed by atoms with van der Waals surface area (Å²) in [5, 5.41) is 0. The second-order valence-electron chi connectivity index (χ2n) is 22.5. The quantitative estimate of drug-likeness (QED) is 0.165. The van der Waals surface area contributed by atoms with Crippen molar-refractivity contribution in [1.82, 2.24) is 0 Å². The lowest BCUT2D eigenvalue weighted by atomic mass is 9.33. The van der Waals surface area contributed by atoms with Gasteiger partial charge in [0.15, 0.2) is 0 Å². The molecular weight excluding hydrogens is 711 g/mol. The SMILES string of the molecule is CC(C)(C)c1ccc(-c2ccc(C(C)(C)C)cc2N2c3cc(C(C)(C)C)ccc3B3c4cc(C(C)(C)C)ccc4N(c4ccc(C(C)(C)C)cc4)c4cccc2c43)cc1. The molecular formula is C56H65BN2. The fraction of sp³-hybridized carbons (Fsp3) is 0.357. The van der Waals surface area contributed by atoms with E-state index in [1.807, 2.05) is 0 Å². The molecule has 8 rings (SSSR count). The molecule has 2 aliphatic heterocycles. The summed E-state index contributed by atoms with van der Waals surface area (Å²) in [7, 11) is 0. The van der Waals surface area contributed by atoms with Gasteiger partial charge in [-0.05, 0) is 119 Å². The van der Waals surface area contributed by atoms with Gasteiger partial charge in [-0.15, -0.1) is 0 Å². The Bertz CT molecular complexity index is 2560. The van der Waals surface area contributed by atoms with E-state index in [9.17, 15) is 0 Å². The van der Waals surface area contributed by atoms with Crippen LogP contribution in [0.15, 0.2) is 121 Å². The van der Waals surface area contributed by atoms with Crippen molar-refractivity contribution in [3.05, 3.63) is 149 Å². The van der Waals surface area contributed by atoms with Crippen molar-refractivity contribution in [1.29, 1.82) is 0 Å². The fourth-order valence-electron chi connectivity index (χ4n) is 9.09. The van der Waals surface area contributed by atoms with Crippen molar-refractivity contribution in [2.45, 2.75) is 131 Å². The van der Waals surface area contributed by atoms with Gasteiger partial charge in [-0.1, -0.05) is 183 Å². The Labute approximate surface area is 356 Å². The zero-order valence-electron chi connectivity index (χ0n) is 38.5. The Morgan fingerprint density at radius 3 is 1.32 bits per heavy atom. The standard InChI is InChI=1S/C56H65BN2/c1-52(2,3)37-21-19-36(20-22-37)43-30-25-40(55(10,11)12)34-49(43)59-48-18-16-17-47-51(48)57(44-31-26-41(35-50(44)59)56(13,14)15)45-33-39(54(7,8)9)27-32-46(45)58(47)42-28-23-38(24-29-42)53(4,5)6/h16-35H,1-15H3. The molecule has 6 aromatic rings. The van der Waals surface area contributed by atoms with Crippen LogP contribution in [0, 0.1) is 0 Å². The smallest absolute Gasteiger partial charge is 0.252 e. The van der Waals surface area contributed by atoms with Gasteiger partial charge in [0.2, 0.25) is 0 Å². The fourth-order valence-corrected chi connectivity index (χ4v) is 9.09. The molecule has 0 bridgehead atoms. The molecule has 59 heavy (non-hydrogen) atoms. The van der Waals surface area contributed by atoms with Crippen LogP contribution in [0.5, 0.6) is 0 Å². The first-order valence-electron chi connectivity index (χ1n) is 21.8. The van der Waals surface area contributed by atoms with Gasteiger partial charge >= 0.3 is 0 Å². The molecule has 2 heterocycles. The summed E-state index contributed by atoms with van der Waals surface area (Å²) < 4.78 is 0. The van der Waals surface area contributed by atoms with Gasteiger partial charge in [0, 0.05) is 34.0 Å². The lowest BCUT2D eigenvalue weighted by Gasteiger charge is -2.45. The van der Waals surface area contributed by atoms with E-state index in [0.29, 0.717) is 0 Å². The monoisotopic (exact) mass is 777 g/mol. The van der Waals surface area contributed by atoms with E-state index in [2.05, 4.69) is 235 Å². The maximum atomic E-state index is 2.63. The molecule has 0 N–H and O–H groups in total. The molecule has 302 valence electrons. The molecule has 0 atom stereocenters. The van der Waals surface area contributed by atoms with Crippen molar-refractivity contribution in [3.63, 3.8) is 0 Å². The topological polar surface area (TPSA) is 6.48 Å². The average Bonchev–Trinajstić information content (AvgIpc) is 3.15. The highest BCUT2D eigenvalue weighted by Crippen LogP contribution is 2.48. The summed E-state index contributed by atoms with van der Waals surface area (Å²) in [5.74, 6) is 0. The third kappa shape index (κ3) is 7.23. The number of nitrogens with zero attached hydrogens (tertiary/aromatic N) is 2. The molecule has 0 unspecified atom stereocenters. The third-order valence-electron chi connectivity index (χ3n) is 12.9. The van der Waals surface area contributed by atoms with Crippen LogP contribution in [0.3, 0.4) is 0 Å². The van der Waals surface area contributed by atoms with Crippen molar-refractivity contribution >= 4 is 57.2 Å². The summed E-state index contributed by atoms with van der Waals surface area (Å²) in [6.07, 6.45) is 0. The molecule has 0 saturated carbocycles. The van der Waals surface area contributed by atoms with Crippen LogP contribution < -0.4 is 26.2 Å². The van der Waals surface area contributed by atoms with Gasteiger partial charge in [-0.2, -0.15) is 0 Å². The second kappa shape index (κ2) is 13.8. The molecule has 0 aliphatic carbocycles. The summed E-state index contributed by atoms with van der Waals surface area (Å²) in [5.41, 5.74) is 20.7. The van der Waals surface area contributed by atoms with E-state index in [1.165, 1.54) is 89.5 Å². The molecule has 0 fully saturated rings. The highest BCUT2D eigenvalue weighted by atomic mass is 15.2. The van der Waals surface area contributed by atoms with E-state index in [4.69, 9.17) is 0 Å². The van der Waals surface area contributed by atoms with Crippen LogP contribution in [-0.4, -0.2) is 6.71 Å². The number of hydrogen-bond acceptors (Lipinski definition) is 2. The molecule has 2 aliphatic rings. The van der Waals surface area contributed by atoms with Crippen molar-refractivity contribution in [2.75, 3.05) is 9.80 Å². The molecule has 3 heteroatoms. The lowest BCUT2D eigenvalue weighted by molar-refractivity contribution is 0.589. The van der Waals surface area contributed by atoms with Crippen LogP contribution >= 0.6 is 0 Å². The van der Waals surface area contributed by atoms with E-state index >= 15 is 0 Å². The van der Waals surface area contributed by atoms with Gasteiger partial charge < -0.3 is 9.80 Å². The molecule has 2 nitrogen and oxygen atoms in total. The van der Waals surface area contributed by atoms with Gasteiger partial charge in [-0.25, -0.2) is 0 Å². The van der Waals surface area contributed by atoms with Gasteiger partial charge in [-0.3, -0.25) is 0 Å². The number of anilines is 6. The number of benzene rings is 6. The molecule has 0 amide bonds. The highest BCUT2D eigenvalue weighted by molar-refractivity contribution is 7.00. The number of hydrogen-bond donors (Lipinski definition) is 0. The molecule has 0 saturated heterocycles. The van der Waals surface area contributed by atoms with Gasteiger partial charge in [0.05, 0.1) is 5.69 Å². The maximum Gasteiger partial charge on any atom is 0.252 e. The number of rotatable bonds is 3. The van der Waals surface area contributed by atoms with E-state index in [-0.39, 0.29) is 33.8 Å². The maximum absolute atomic E-state index is 2.63. The van der Waals surface area contributed by atoms with Gasteiger partial charge in [0.1, 0.15) is 0 Å². The van der Waals surface area contributed by atoms with Crippen molar-refractivity contribution in [2.24, 2.45) is 0 Å². The first kappa shape index (κ1) is 40.8. The Balaban J connectivity index is 1.47. The molecule has 0 aromatic heterocycles. The molecule has 6 aromatic carbocycles. The van der Waals surface area contributed by atoms with Crippen molar-refractivity contribution in [3.8, 4) is 11.1 Å². The average molecular weight is 777 g/mol. The lowest BCUT2D eigenvalue weighted by Crippen LogP contribution is -2.61. The van der Waals surface area contributed by atoms with Crippen LogP contribution in [0.4, 0.5) is 34.1 Å². The van der Waals surface area contributed by atoms with Gasteiger partial charge in [0.25, 0.3) is 6.71 Å². The Kier molecular flexibility index (Phi) is 9.51. The first-order valence-corrected chi connectivity index (χ1v) is 21.8. The largest absolute Gasteiger partial charge is 0.311 e. The second-order valence-corrected chi connectivity index (χ2v) is 22.5. The zero-order chi connectivity index (χ0) is 42.6.